The highest BCUT2D eigenvalue weighted by atomic mass is 35.5. The van der Waals surface area contributed by atoms with E-state index in [1.165, 1.54) is 0 Å². The molecule has 134 valence electrons. The summed E-state index contributed by atoms with van der Waals surface area (Å²) in [5.41, 5.74) is 0.537. The number of carbonyl (C=O) groups is 1. The van der Waals surface area contributed by atoms with Crippen LogP contribution in [0.15, 0.2) is 12.1 Å². The zero-order chi connectivity index (χ0) is 17.5. The Kier molecular flexibility index (Phi) is 7.18. The monoisotopic (exact) mass is 354 g/mol. The third-order valence-corrected chi connectivity index (χ3v) is 4.33. The van der Waals surface area contributed by atoms with E-state index in [2.05, 4.69) is 19.2 Å². The molecule has 1 aromatic rings. The first kappa shape index (κ1) is 18.9. The number of carbonyl (C=O) groups excluding carboxylic acids is 1. The molecule has 24 heavy (non-hydrogen) atoms. The summed E-state index contributed by atoms with van der Waals surface area (Å²) in [6, 6.07) is 3.40. The first-order chi connectivity index (χ1) is 11.5. The first-order valence-corrected chi connectivity index (χ1v) is 8.91. The maximum Gasteiger partial charge on any atom is 0.254 e. The fraction of sp³-hybridized carbons (Fsp3) is 0.611. The van der Waals surface area contributed by atoms with Gasteiger partial charge < -0.3 is 19.7 Å². The summed E-state index contributed by atoms with van der Waals surface area (Å²) in [6.07, 6.45) is 1.88. The zero-order valence-electron chi connectivity index (χ0n) is 14.7. The summed E-state index contributed by atoms with van der Waals surface area (Å²) in [5, 5.41) is 3.71. The van der Waals surface area contributed by atoms with Crippen LogP contribution in [0.5, 0.6) is 11.5 Å². The minimum absolute atomic E-state index is 0.0207. The van der Waals surface area contributed by atoms with Gasteiger partial charge in [0.25, 0.3) is 5.91 Å². The lowest BCUT2D eigenvalue weighted by molar-refractivity contribution is 0.0766. The van der Waals surface area contributed by atoms with Crippen molar-refractivity contribution in [2.24, 2.45) is 5.92 Å². The third-order valence-electron chi connectivity index (χ3n) is 4.05. The van der Waals surface area contributed by atoms with Gasteiger partial charge in [-0.3, -0.25) is 4.79 Å². The average molecular weight is 355 g/mol. The lowest BCUT2D eigenvalue weighted by atomic mass is 10.1. The molecule has 0 spiro atoms. The van der Waals surface area contributed by atoms with Gasteiger partial charge in [-0.1, -0.05) is 25.4 Å². The van der Waals surface area contributed by atoms with E-state index in [1.807, 2.05) is 4.90 Å². The lowest BCUT2D eigenvalue weighted by Crippen LogP contribution is -2.34. The molecule has 0 aliphatic carbocycles. The van der Waals surface area contributed by atoms with Crippen molar-refractivity contribution in [3.63, 3.8) is 0 Å². The van der Waals surface area contributed by atoms with Gasteiger partial charge in [-0.05, 0) is 37.4 Å². The second kappa shape index (κ2) is 9.14. The van der Waals surface area contributed by atoms with E-state index in [0.717, 1.165) is 32.5 Å². The molecule has 5 nitrogen and oxygen atoms in total. The highest BCUT2D eigenvalue weighted by molar-refractivity contribution is 6.32. The van der Waals surface area contributed by atoms with E-state index in [9.17, 15) is 4.79 Å². The molecule has 0 radical (unpaired) electrons. The topological polar surface area (TPSA) is 50.8 Å². The lowest BCUT2D eigenvalue weighted by Gasteiger charge is -2.21. The van der Waals surface area contributed by atoms with Crippen LogP contribution in [0.2, 0.25) is 5.02 Å². The number of benzene rings is 1. The Morgan fingerprint density at radius 1 is 1.33 bits per heavy atom. The number of amides is 1. The molecular formula is C18H27ClN2O3. The maximum absolute atomic E-state index is 12.7. The second-order valence-electron chi connectivity index (χ2n) is 6.42. The Morgan fingerprint density at radius 2 is 2.12 bits per heavy atom. The SMILES string of the molecule is COc1cc(C(=O)N2CCCNCC2)cc(Cl)c1OCCC(C)C. The summed E-state index contributed by atoms with van der Waals surface area (Å²) >= 11 is 6.36. The van der Waals surface area contributed by atoms with Crippen molar-refractivity contribution in [1.82, 2.24) is 10.2 Å². The molecule has 1 saturated heterocycles. The Balaban J connectivity index is 2.16. The molecule has 6 heteroatoms. The summed E-state index contributed by atoms with van der Waals surface area (Å²) in [7, 11) is 1.56. The minimum Gasteiger partial charge on any atom is -0.493 e. The van der Waals surface area contributed by atoms with Crippen molar-refractivity contribution >= 4 is 17.5 Å². The molecule has 0 saturated carbocycles. The normalized spacial score (nSPS) is 15.3. The predicted molar refractivity (Wildman–Crippen MR) is 96.3 cm³/mol. The molecule has 0 bridgehead atoms. The second-order valence-corrected chi connectivity index (χ2v) is 6.82. The molecule has 1 fully saturated rings. The van der Waals surface area contributed by atoms with Crippen LogP contribution >= 0.6 is 11.6 Å². The summed E-state index contributed by atoms with van der Waals surface area (Å²) < 4.78 is 11.2. The van der Waals surface area contributed by atoms with E-state index in [1.54, 1.807) is 19.2 Å². The van der Waals surface area contributed by atoms with Crippen molar-refractivity contribution in [3.8, 4) is 11.5 Å². The van der Waals surface area contributed by atoms with Crippen LogP contribution in [0.1, 0.15) is 37.0 Å². The quantitative estimate of drug-likeness (QED) is 0.852. The number of rotatable bonds is 6. The standard InChI is InChI=1S/C18H27ClN2O3/c1-13(2)5-10-24-17-15(19)11-14(12-16(17)23-3)18(22)21-8-4-6-20-7-9-21/h11-13,20H,4-10H2,1-3H3. The van der Waals surface area contributed by atoms with Gasteiger partial charge >= 0.3 is 0 Å². The number of ether oxygens (including phenoxy) is 2. The van der Waals surface area contributed by atoms with Crippen LogP contribution in [0, 0.1) is 5.92 Å². The minimum atomic E-state index is -0.0207. The van der Waals surface area contributed by atoms with Gasteiger partial charge in [0.15, 0.2) is 11.5 Å². The van der Waals surface area contributed by atoms with Gasteiger partial charge in [0.1, 0.15) is 0 Å². The predicted octanol–water partition coefficient (Wildman–Crippen LogP) is 3.21. The molecule has 1 aliphatic heterocycles. The number of methoxy groups -OCH3 is 1. The molecule has 1 amide bonds. The van der Waals surface area contributed by atoms with Crippen LogP contribution in [0.3, 0.4) is 0 Å². The molecule has 0 aromatic heterocycles. The van der Waals surface area contributed by atoms with Crippen molar-refractivity contribution in [3.05, 3.63) is 22.7 Å². The summed E-state index contributed by atoms with van der Waals surface area (Å²) in [6.45, 7) is 8.05. The van der Waals surface area contributed by atoms with Crippen molar-refractivity contribution < 1.29 is 14.3 Å². The highest BCUT2D eigenvalue weighted by Gasteiger charge is 2.21. The van der Waals surface area contributed by atoms with Gasteiger partial charge in [-0.2, -0.15) is 0 Å². The third kappa shape index (κ3) is 5.02. The first-order valence-electron chi connectivity index (χ1n) is 8.53. The smallest absolute Gasteiger partial charge is 0.254 e. The summed E-state index contributed by atoms with van der Waals surface area (Å²) in [5.74, 6) is 1.54. The van der Waals surface area contributed by atoms with Gasteiger partial charge in [-0.15, -0.1) is 0 Å². The number of hydrogen-bond donors (Lipinski definition) is 1. The number of nitrogens with zero attached hydrogens (tertiary/aromatic N) is 1. The van der Waals surface area contributed by atoms with E-state index in [-0.39, 0.29) is 5.91 Å². The van der Waals surface area contributed by atoms with Crippen LogP contribution < -0.4 is 14.8 Å². The van der Waals surface area contributed by atoms with E-state index in [4.69, 9.17) is 21.1 Å². The molecule has 0 unspecified atom stereocenters. The Labute approximate surface area is 149 Å². The summed E-state index contributed by atoms with van der Waals surface area (Å²) in [4.78, 5) is 14.6. The van der Waals surface area contributed by atoms with Gasteiger partial charge in [0.2, 0.25) is 0 Å². The van der Waals surface area contributed by atoms with E-state index >= 15 is 0 Å². The Bertz CT molecular complexity index is 555. The van der Waals surface area contributed by atoms with Crippen molar-refractivity contribution in [2.75, 3.05) is 39.9 Å². The van der Waals surface area contributed by atoms with Gasteiger partial charge in [-0.25, -0.2) is 0 Å². The molecule has 1 aliphatic rings. The van der Waals surface area contributed by atoms with E-state index < -0.39 is 0 Å². The van der Waals surface area contributed by atoms with Crippen LogP contribution in [-0.2, 0) is 0 Å². The molecule has 1 aromatic carbocycles. The zero-order valence-corrected chi connectivity index (χ0v) is 15.5. The maximum atomic E-state index is 12.7. The van der Waals surface area contributed by atoms with Crippen molar-refractivity contribution in [1.29, 1.82) is 0 Å². The molecule has 2 rings (SSSR count). The van der Waals surface area contributed by atoms with E-state index in [0.29, 0.717) is 41.2 Å². The number of hydrogen-bond acceptors (Lipinski definition) is 4. The molecule has 0 atom stereocenters. The Morgan fingerprint density at radius 3 is 2.83 bits per heavy atom. The number of nitrogens with one attached hydrogen (secondary N) is 1. The van der Waals surface area contributed by atoms with Crippen molar-refractivity contribution in [2.45, 2.75) is 26.7 Å². The molecule has 1 heterocycles. The molecular weight excluding hydrogens is 328 g/mol. The fourth-order valence-corrected chi connectivity index (χ4v) is 2.88. The largest absolute Gasteiger partial charge is 0.493 e. The molecule has 1 N–H and O–H groups in total. The van der Waals surface area contributed by atoms with Crippen LogP contribution in [0.4, 0.5) is 0 Å². The Hall–Kier alpha value is -1.46. The highest BCUT2D eigenvalue weighted by Crippen LogP contribution is 2.37. The average Bonchev–Trinajstić information content (AvgIpc) is 2.84. The fourth-order valence-electron chi connectivity index (χ4n) is 2.61. The van der Waals surface area contributed by atoms with Crippen LogP contribution in [0.25, 0.3) is 0 Å². The van der Waals surface area contributed by atoms with Crippen LogP contribution in [-0.4, -0.2) is 50.7 Å². The number of halogens is 1. The van der Waals surface area contributed by atoms with Gasteiger partial charge in [0, 0.05) is 25.2 Å². The van der Waals surface area contributed by atoms with Gasteiger partial charge in [0.05, 0.1) is 18.7 Å².